The number of carbonyl (C=O) groups excluding carboxylic acids is 1. The molecule has 0 saturated carbocycles. The monoisotopic (exact) mass is 243 g/mol. The van der Waals surface area contributed by atoms with E-state index in [0.29, 0.717) is 12.2 Å². The van der Waals surface area contributed by atoms with Crippen LogP contribution in [-0.2, 0) is 11.2 Å². The molecule has 9 nitrogen and oxygen atoms in total. The Labute approximate surface area is 96.2 Å². The van der Waals surface area contributed by atoms with E-state index in [1.54, 1.807) is 0 Å². The first-order valence-electron chi connectivity index (χ1n) is 4.85. The zero-order chi connectivity index (χ0) is 12.7. The smallest absolute Gasteiger partial charge is 0.328 e. The number of aliphatic hydroxyl groups is 1. The fourth-order valence-electron chi connectivity index (χ4n) is 1.04. The molecule has 0 aromatic carbocycles. The molecule has 0 fully saturated rings. The number of amides is 2. The van der Waals surface area contributed by atoms with Crippen molar-refractivity contribution < 1.29 is 19.8 Å². The molecule has 0 aliphatic rings. The van der Waals surface area contributed by atoms with Crippen LogP contribution in [0.25, 0.3) is 0 Å². The maximum Gasteiger partial charge on any atom is 0.328 e. The predicted octanol–water partition coefficient (Wildman–Crippen LogP) is -1.91. The molecule has 1 rings (SSSR count). The number of carbonyl (C=O) groups is 2. The number of aliphatic hydroxyl groups excluding tert-OH is 1. The van der Waals surface area contributed by atoms with Gasteiger partial charge in [-0.2, -0.15) is 5.10 Å². The number of carboxylic acids is 1. The first kappa shape index (κ1) is 12.9. The van der Waals surface area contributed by atoms with Gasteiger partial charge >= 0.3 is 12.0 Å². The zero-order valence-corrected chi connectivity index (χ0v) is 8.88. The number of carboxylic acid groups (broad SMARTS) is 1. The average Bonchev–Trinajstić information content (AvgIpc) is 2.78. The van der Waals surface area contributed by atoms with Crippen molar-refractivity contribution in [2.45, 2.75) is 12.5 Å². The first-order valence-corrected chi connectivity index (χ1v) is 4.85. The highest BCUT2D eigenvalue weighted by Crippen LogP contribution is 1.86. The van der Waals surface area contributed by atoms with Gasteiger partial charge in [-0.05, 0) is 0 Å². The summed E-state index contributed by atoms with van der Waals surface area (Å²) in [6.45, 7) is -0.385. The first-order chi connectivity index (χ1) is 8.13. The van der Waals surface area contributed by atoms with Crippen LogP contribution in [0.5, 0.6) is 0 Å². The molecule has 0 aliphatic heterocycles. The van der Waals surface area contributed by atoms with Gasteiger partial charge < -0.3 is 20.8 Å². The number of hydrogen-bond donors (Lipinski definition) is 5. The summed E-state index contributed by atoms with van der Waals surface area (Å²) in [5.41, 5.74) is 0. The molecule has 1 heterocycles. The highest BCUT2D eigenvalue weighted by atomic mass is 16.4. The van der Waals surface area contributed by atoms with Gasteiger partial charge in [-0.3, -0.25) is 5.10 Å². The Morgan fingerprint density at radius 3 is 2.82 bits per heavy atom. The van der Waals surface area contributed by atoms with Gasteiger partial charge in [0.2, 0.25) is 0 Å². The SMILES string of the molecule is O=C(NCCc1ncn[nH]1)N[C@H](CO)C(=O)O. The van der Waals surface area contributed by atoms with Crippen molar-refractivity contribution in [3.8, 4) is 0 Å². The Hall–Kier alpha value is -2.16. The highest BCUT2D eigenvalue weighted by Gasteiger charge is 2.18. The number of rotatable bonds is 6. The standard InChI is InChI=1S/C8H13N5O4/c14-3-5(7(15)16)12-8(17)9-2-1-6-10-4-11-13-6/h4-5,14H,1-3H2,(H,15,16)(H2,9,12,17)(H,10,11,13)/t5-/m1/s1. The molecule has 2 amide bonds. The summed E-state index contributed by atoms with van der Waals surface area (Å²) in [5, 5.41) is 28.0. The molecule has 0 spiro atoms. The third kappa shape index (κ3) is 4.47. The second kappa shape index (κ2) is 6.43. The number of H-pyrrole nitrogens is 1. The Bertz CT molecular complexity index is 366. The average molecular weight is 243 g/mol. The topological polar surface area (TPSA) is 140 Å². The highest BCUT2D eigenvalue weighted by molar-refractivity contribution is 5.82. The van der Waals surface area contributed by atoms with Crippen molar-refractivity contribution in [1.29, 1.82) is 0 Å². The number of urea groups is 1. The summed E-state index contributed by atoms with van der Waals surface area (Å²) in [7, 11) is 0. The summed E-state index contributed by atoms with van der Waals surface area (Å²) >= 11 is 0. The van der Waals surface area contributed by atoms with Gasteiger partial charge in [-0.15, -0.1) is 0 Å². The van der Waals surface area contributed by atoms with Gasteiger partial charge in [-0.25, -0.2) is 14.6 Å². The summed E-state index contributed by atoms with van der Waals surface area (Å²) in [4.78, 5) is 25.5. The van der Waals surface area contributed by atoms with E-state index in [4.69, 9.17) is 10.2 Å². The Kier molecular flexibility index (Phi) is 4.88. The van der Waals surface area contributed by atoms with E-state index in [9.17, 15) is 9.59 Å². The quantitative estimate of drug-likeness (QED) is 0.395. The molecule has 9 heteroatoms. The Morgan fingerprint density at radius 2 is 2.29 bits per heavy atom. The van der Waals surface area contributed by atoms with Crippen LogP contribution >= 0.6 is 0 Å². The van der Waals surface area contributed by atoms with E-state index in [2.05, 4.69) is 25.8 Å². The second-order valence-corrected chi connectivity index (χ2v) is 3.16. The Morgan fingerprint density at radius 1 is 1.53 bits per heavy atom. The van der Waals surface area contributed by atoms with Crippen LogP contribution in [0.1, 0.15) is 5.82 Å². The summed E-state index contributed by atoms with van der Waals surface area (Å²) in [5.74, 6) is -0.680. The van der Waals surface area contributed by atoms with Crippen LogP contribution in [0.2, 0.25) is 0 Å². The molecule has 1 aromatic rings. The van der Waals surface area contributed by atoms with E-state index in [1.165, 1.54) is 6.33 Å². The van der Waals surface area contributed by atoms with Crippen LogP contribution < -0.4 is 10.6 Å². The molecule has 5 N–H and O–H groups in total. The van der Waals surface area contributed by atoms with Crippen LogP contribution in [0, 0.1) is 0 Å². The van der Waals surface area contributed by atoms with Crippen LogP contribution in [0.3, 0.4) is 0 Å². The molecular weight excluding hydrogens is 230 g/mol. The minimum atomic E-state index is -1.31. The van der Waals surface area contributed by atoms with Gasteiger partial charge in [0, 0.05) is 13.0 Å². The summed E-state index contributed by atoms with van der Waals surface area (Å²) in [6.07, 6.45) is 1.80. The van der Waals surface area contributed by atoms with Crippen LogP contribution in [-0.4, -0.2) is 56.6 Å². The van der Waals surface area contributed by atoms with Crippen molar-refractivity contribution in [1.82, 2.24) is 25.8 Å². The van der Waals surface area contributed by atoms with Crippen LogP contribution in [0.15, 0.2) is 6.33 Å². The van der Waals surface area contributed by atoms with Crippen molar-refractivity contribution in [2.24, 2.45) is 0 Å². The van der Waals surface area contributed by atoms with E-state index in [-0.39, 0.29) is 6.54 Å². The molecule has 0 unspecified atom stereocenters. The third-order valence-corrected chi connectivity index (χ3v) is 1.90. The van der Waals surface area contributed by atoms with Crippen molar-refractivity contribution >= 4 is 12.0 Å². The van der Waals surface area contributed by atoms with Gasteiger partial charge in [0.15, 0.2) is 6.04 Å². The molecule has 1 aromatic heterocycles. The number of aliphatic carboxylic acids is 1. The largest absolute Gasteiger partial charge is 0.480 e. The van der Waals surface area contributed by atoms with Gasteiger partial charge in [0.05, 0.1) is 6.61 Å². The minimum absolute atomic E-state index is 0.277. The van der Waals surface area contributed by atoms with E-state index < -0.39 is 24.6 Å². The maximum absolute atomic E-state index is 11.2. The van der Waals surface area contributed by atoms with Crippen molar-refractivity contribution in [2.75, 3.05) is 13.2 Å². The maximum atomic E-state index is 11.2. The molecule has 1 atom stereocenters. The fraction of sp³-hybridized carbons (Fsp3) is 0.500. The minimum Gasteiger partial charge on any atom is -0.480 e. The van der Waals surface area contributed by atoms with Gasteiger partial charge in [0.1, 0.15) is 12.2 Å². The van der Waals surface area contributed by atoms with Gasteiger partial charge in [0.25, 0.3) is 0 Å². The third-order valence-electron chi connectivity index (χ3n) is 1.90. The molecule has 0 bridgehead atoms. The normalized spacial score (nSPS) is 11.8. The molecule has 0 saturated heterocycles. The van der Waals surface area contributed by atoms with E-state index in [0.717, 1.165) is 0 Å². The Balaban J connectivity index is 2.23. The number of nitrogens with one attached hydrogen (secondary N) is 3. The lowest BCUT2D eigenvalue weighted by molar-refractivity contribution is -0.140. The van der Waals surface area contributed by atoms with E-state index >= 15 is 0 Å². The van der Waals surface area contributed by atoms with E-state index in [1.807, 2.05) is 0 Å². The molecule has 17 heavy (non-hydrogen) atoms. The van der Waals surface area contributed by atoms with Crippen molar-refractivity contribution in [3.05, 3.63) is 12.2 Å². The number of hydrogen-bond acceptors (Lipinski definition) is 5. The zero-order valence-electron chi connectivity index (χ0n) is 8.88. The molecule has 0 radical (unpaired) electrons. The van der Waals surface area contributed by atoms with Gasteiger partial charge in [-0.1, -0.05) is 0 Å². The summed E-state index contributed by atoms with van der Waals surface area (Å²) < 4.78 is 0. The molecule has 94 valence electrons. The second-order valence-electron chi connectivity index (χ2n) is 3.16. The summed E-state index contributed by atoms with van der Waals surface area (Å²) in [6, 6.07) is -1.97. The number of aromatic nitrogens is 3. The lowest BCUT2D eigenvalue weighted by atomic mass is 10.3. The number of aromatic amines is 1. The lowest BCUT2D eigenvalue weighted by Crippen LogP contribution is -2.48. The fourth-order valence-corrected chi connectivity index (χ4v) is 1.04. The predicted molar refractivity (Wildman–Crippen MR) is 55.1 cm³/mol. The molecular formula is C8H13N5O4. The lowest BCUT2D eigenvalue weighted by Gasteiger charge is -2.12. The molecule has 0 aliphatic carbocycles. The number of nitrogens with zero attached hydrogens (tertiary/aromatic N) is 2. The van der Waals surface area contributed by atoms with Crippen LogP contribution in [0.4, 0.5) is 4.79 Å². The van der Waals surface area contributed by atoms with Crippen molar-refractivity contribution in [3.63, 3.8) is 0 Å².